The number of imidazole rings is 1. The van der Waals surface area contributed by atoms with Gasteiger partial charge in [-0.1, -0.05) is 60.1 Å². The molecule has 0 saturated carbocycles. The lowest BCUT2D eigenvalue weighted by Gasteiger charge is -2.44. The van der Waals surface area contributed by atoms with Crippen LogP contribution in [0.2, 0.25) is 5.02 Å². The first kappa shape index (κ1) is 25.7. The highest BCUT2D eigenvalue weighted by atomic mass is 35.5. The molecule has 1 amide bonds. The van der Waals surface area contributed by atoms with Crippen LogP contribution in [0, 0.1) is 11.3 Å². The lowest BCUT2D eigenvalue weighted by Crippen LogP contribution is -2.59. The minimum Gasteiger partial charge on any atom is -0.375 e. The molecule has 5 rings (SSSR count). The maximum atomic E-state index is 13.5. The molecule has 3 aromatic carbocycles. The Hall–Kier alpha value is -3.96. The second-order valence-electron chi connectivity index (χ2n) is 9.31. The Labute approximate surface area is 227 Å². The van der Waals surface area contributed by atoms with E-state index in [0.717, 1.165) is 22.6 Å². The van der Waals surface area contributed by atoms with E-state index in [-0.39, 0.29) is 24.5 Å². The number of nitriles is 1. The van der Waals surface area contributed by atoms with Crippen molar-refractivity contribution in [1.82, 2.24) is 14.9 Å². The fourth-order valence-corrected chi connectivity index (χ4v) is 5.04. The average Bonchev–Trinajstić information content (AvgIpc) is 3.48. The third-order valence-corrected chi connectivity index (χ3v) is 7.01. The first-order valence-electron chi connectivity index (χ1n) is 12.5. The van der Waals surface area contributed by atoms with E-state index in [1.165, 1.54) is 0 Å². The molecule has 1 N–H and O–H groups in total. The van der Waals surface area contributed by atoms with Gasteiger partial charge >= 0.3 is 0 Å². The van der Waals surface area contributed by atoms with E-state index in [1.807, 2.05) is 72.8 Å². The molecule has 8 heteroatoms. The number of nitrogens with zero attached hydrogens (tertiary/aromatic N) is 4. The summed E-state index contributed by atoms with van der Waals surface area (Å²) in [5.41, 5.74) is 3.54. The number of ether oxygens (including phenoxy) is 1. The standard InChI is InChI=1S/C30H28ClN5O2/c31-25-7-4-8-26(16-25)36-18-27(21-38-20-24-5-2-1-3-6-24)35(19-29(36)37)28(30-33-13-14-34-30)15-22-9-11-23(17-32)12-10-22/h1-14,16,27-28H,15,18-21H2,(H,33,34)/t27-,28?/m1/s1. The number of rotatable bonds is 9. The van der Waals surface area contributed by atoms with Gasteiger partial charge < -0.3 is 14.6 Å². The number of benzene rings is 3. The highest BCUT2D eigenvalue weighted by molar-refractivity contribution is 6.30. The number of aromatic nitrogens is 2. The number of H-pyrrole nitrogens is 1. The average molecular weight is 526 g/mol. The summed E-state index contributed by atoms with van der Waals surface area (Å²) in [4.78, 5) is 25.3. The van der Waals surface area contributed by atoms with E-state index in [0.29, 0.717) is 36.8 Å². The lowest BCUT2D eigenvalue weighted by atomic mass is 9.99. The van der Waals surface area contributed by atoms with Crippen LogP contribution in [0.15, 0.2) is 91.3 Å². The van der Waals surface area contributed by atoms with Gasteiger partial charge in [-0.25, -0.2) is 4.98 Å². The molecule has 1 aromatic heterocycles. The van der Waals surface area contributed by atoms with Gasteiger partial charge in [-0.2, -0.15) is 5.26 Å². The van der Waals surface area contributed by atoms with E-state index in [4.69, 9.17) is 16.3 Å². The lowest BCUT2D eigenvalue weighted by molar-refractivity contribution is -0.124. The molecule has 1 fully saturated rings. The summed E-state index contributed by atoms with van der Waals surface area (Å²) >= 11 is 6.25. The van der Waals surface area contributed by atoms with Crippen molar-refractivity contribution in [3.05, 3.63) is 119 Å². The molecule has 2 atom stereocenters. The van der Waals surface area contributed by atoms with E-state index in [2.05, 4.69) is 20.9 Å². The third kappa shape index (κ3) is 6.12. The number of amides is 1. The summed E-state index contributed by atoms with van der Waals surface area (Å²) in [7, 11) is 0. The minimum atomic E-state index is -0.186. The van der Waals surface area contributed by atoms with Crippen LogP contribution in [0.3, 0.4) is 0 Å². The molecule has 0 spiro atoms. The second-order valence-corrected chi connectivity index (χ2v) is 9.75. The smallest absolute Gasteiger partial charge is 0.241 e. The van der Waals surface area contributed by atoms with E-state index < -0.39 is 0 Å². The zero-order chi connectivity index (χ0) is 26.3. The van der Waals surface area contributed by atoms with E-state index >= 15 is 0 Å². The number of nitrogens with one attached hydrogen (secondary N) is 1. The van der Waals surface area contributed by atoms with Crippen LogP contribution in [0.25, 0.3) is 0 Å². The predicted octanol–water partition coefficient (Wildman–Crippen LogP) is 5.15. The summed E-state index contributed by atoms with van der Waals surface area (Å²) in [6, 6.07) is 26.9. The largest absolute Gasteiger partial charge is 0.375 e. The molecule has 0 aliphatic carbocycles. The Morgan fingerprint density at radius 3 is 2.61 bits per heavy atom. The maximum absolute atomic E-state index is 13.5. The molecule has 1 aliphatic heterocycles. The quantitative estimate of drug-likeness (QED) is 0.326. The first-order valence-corrected chi connectivity index (χ1v) is 12.9. The van der Waals surface area contributed by atoms with Gasteiger partial charge in [0, 0.05) is 29.6 Å². The zero-order valence-corrected chi connectivity index (χ0v) is 21.6. The van der Waals surface area contributed by atoms with Gasteiger partial charge in [0.1, 0.15) is 5.82 Å². The predicted molar refractivity (Wildman–Crippen MR) is 147 cm³/mol. The Bertz CT molecular complexity index is 1390. The first-order chi connectivity index (χ1) is 18.6. The summed E-state index contributed by atoms with van der Waals surface area (Å²) in [5.74, 6) is 0.773. The van der Waals surface area contributed by atoms with Crippen molar-refractivity contribution in [3.8, 4) is 6.07 Å². The van der Waals surface area contributed by atoms with Gasteiger partial charge in [0.25, 0.3) is 0 Å². The van der Waals surface area contributed by atoms with Crippen molar-refractivity contribution in [2.45, 2.75) is 25.1 Å². The molecule has 1 aliphatic rings. The number of carbonyl (C=O) groups excluding carboxylic acids is 1. The summed E-state index contributed by atoms with van der Waals surface area (Å²) in [6.07, 6.45) is 4.15. The van der Waals surface area contributed by atoms with Crippen LogP contribution >= 0.6 is 11.6 Å². The molecule has 0 bridgehead atoms. The summed E-state index contributed by atoms with van der Waals surface area (Å²) in [5, 5.41) is 9.78. The molecule has 38 heavy (non-hydrogen) atoms. The zero-order valence-electron chi connectivity index (χ0n) is 20.8. The molecule has 7 nitrogen and oxygen atoms in total. The van der Waals surface area contributed by atoms with Crippen molar-refractivity contribution < 1.29 is 9.53 Å². The molecule has 1 unspecified atom stereocenters. The second kappa shape index (κ2) is 12.1. The molecular weight excluding hydrogens is 498 g/mol. The van der Waals surface area contributed by atoms with Gasteiger partial charge in [0.2, 0.25) is 5.91 Å². The highest BCUT2D eigenvalue weighted by Gasteiger charge is 2.38. The summed E-state index contributed by atoms with van der Waals surface area (Å²) in [6.45, 7) is 1.58. The molecule has 1 saturated heterocycles. The number of hydrogen-bond donors (Lipinski definition) is 1. The SMILES string of the molecule is N#Cc1ccc(CC(c2ncc[nH]2)N2CC(=O)N(c3cccc(Cl)c3)C[C@@H]2COCc2ccccc2)cc1. The fourth-order valence-electron chi connectivity index (χ4n) is 4.85. The number of anilines is 1. The minimum absolute atomic E-state index is 0.0111. The number of aromatic amines is 1. The topological polar surface area (TPSA) is 85.2 Å². The van der Waals surface area contributed by atoms with Gasteiger partial charge in [-0.05, 0) is 47.9 Å². The molecule has 192 valence electrons. The van der Waals surface area contributed by atoms with Crippen molar-refractivity contribution in [3.63, 3.8) is 0 Å². The number of hydrogen-bond acceptors (Lipinski definition) is 5. The third-order valence-electron chi connectivity index (χ3n) is 6.77. The Kier molecular flexibility index (Phi) is 8.15. The van der Waals surface area contributed by atoms with Crippen LogP contribution < -0.4 is 4.90 Å². The fraction of sp³-hybridized carbons (Fsp3) is 0.233. The van der Waals surface area contributed by atoms with Gasteiger partial charge in [-0.15, -0.1) is 0 Å². The van der Waals surface area contributed by atoms with Crippen LogP contribution in [0.1, 0.15) is 28.6 Å². The number of piperazine rings is 1. The van der Waals surface area contributed by atoms with Crippen LogP contribution in [-0.4, -0.2) is 46.5 Å². The molecular formula is C30H28ClN5O2. The number of halogens is 1. The van der Waals surface area contributed by atoms with Crippen molar-refractivity contribution in [2.75, 3.05) is 24.6 Å². The molecule has 0 radical (unpaired) electrons. The van der Waals surface area contributed by atoms with Crippen LogP contribution in [-0.2, 0) is 22.6 Å². The molecule has 4 aromatic rings. The number of carbonyl (C=O) groups is 1. The maximum Gasteiger partial charge on any atom is 0.241 e. The van der Waals surface area contributed by atoms with Gasteiger partial charge in [0.05, 0.1) is 43.5 Å². The Morgan fingerprint density at radius 1 is 1.08 bits per heavy atom. The Morgan fingerprint density at radius 2 is 1.89 bits per heavy atom. The highest BCUT2D eigenvalue weighted by Crippen LogP contribution is 2.31. The molecule has 2 heterocycles. The van der Waals surface area contributed by atoms with Crippen molar-refractivity contribution >= 4 is 23.2 Å². The van der Waals surface area contributed by atoms with Gasteiger partial charge in [-0.3, -0.25) is 9.69 Å². The van der Waals surface area contributed by atoms with Crippen molar-refractivity contribution in [1.29, 1.82) is 5.26 Å². The normalized spacial score (nSPS) is 16.8. The van der Waals surface area contributed by atoms with Crippen LogP contribution in [0.5, 0.6) is 0 Å². The van der Waals surface area contributed by atoms with E-state index in [1.54, 1.807) is 23.4 Å². The monoisotopic (exact) mass is 525 g/mol. The van der Waals surface area contributed by atoms with Crippen molar-refractivity contribution in [2.24, 2.45) is 0 Å². The summed E-state index contributed by atoms with van der Waals surface area (Å²) < 4.78 is 6.21. The van der Waals surface area contributed by atoms with Gasteiger partial charge in [0.15, 0.2) is 0 Å². The van der Waals surface area contributed by atoms with Crippen LogP contribution in [0.4, 0.5) is 5.69 Å². The Balaban J connectivity index is 1.43. The van der Waals surface area contributed by atoms with E-state index in [9.17, 15) is 10.1 Å².